The molecule has 0 aliphatic carbocycles. The monoisotopic (exact) mass is 401 g/mol. The minimum Gasteiger partial charge on any atom is -0.357 e. The molecule has 1 atom stereocenters. The highest BCUT2D eigenvalue weighted by Crippen LogP contribution is 2.27. The standard InChI is InChI=1S/C25H31N5/c1-3-26-25(30-14-12-24(19-30)23-10-5-4-6-11-23)28-17-21-8-7-9-22(16-21)18-29-15-13-27-20(29)2/h4-11,13,15-16,24H,3,12,14,17-19H2,1-2H3,(H,26,28). The third kappa shape index (κ3) is 4.90. The second-order valence-corrected chi connectivity index (χ2v) is 7.93. The smallest absolute Gasteiger partial charge is 0.194 e. The van der Waals surface area contributed by atoms with Crippen LogP contribution in [-0.2, 0) is 13.1 Å². The molecule has 0 radical (unpaired) electrons. The number of aliphatic imine (C=N–C) groups is 1. The molecule has 1 saturated heterocycles. The highest BCUT2D eigenvalue weighted by molar-refractivity contribution is 5.80. The Morgan fingerprint density at radius 2 is 1.97 bits per heavy atom. The Kier molecular flexibility index (Phi) is 6.47. The Hall–Kier alpha value is -3.08. The van der Waals surface area contributed by atoms with E-state index in [4.69, 9.17) is 4.99 Å². The van der Waals surface area contributed by atoms with Crippen molar-refractivity contribution in [3.8, 4) is 0 Å². The zero-order chi connectivity index (χ0) is 20.8. The second-order valence-electron chi connectivity index (χ2n) is 7.93. The van der Waals surface area contributed by atoms with E-state index in [0.717, 1.165) is 38.0 Å². The Bertz CT molecular complexity index is 976. The summed E-state index contributed by atoms with van der Waals surface area (Å²) in [6, 6.07) is 19.5. The van der Waals surface area contributed by atoms with Crippen LogP contribution in [0, 0.1) is 6.92 Å². The van der Waals surface area contributed by atoms with Crippen LogP contribution in [0.1, 0.15) is 41.8 Å². The summed E-state index contributed by atoms with van der Waals surface area (Å²) in [7, 11) is 0. The molecule has 0 spiro atoms. The number of hydrogen-bond donors (Lipinski definition) is 1. The van der Waals surface area contributed by atoms with Gasteiger partial charge in [0, 0.05) is 44.5 Å². The van der Waals surface area contributed by atoms with Crippen LogP contribution in [-0.4, -0.2) is 40.0 Å². The summed E-state index contributed by atoms with van der Waals surface area (Å²) in [5.74, 6) is 2.64. The summed E-state index contributed by atoms with van der Waals surface area (Å²) < 4.78 is 2.17. The minimum atomic E-state index is 0.580. The van der Waals surface area contributed by atoms with E-state index >= 15 is 0 Å². The van der Waals surface area contributed by atoms with Crippen molar-refractivity contribution in [2.75, 3.05) is 19.6 Å². The topological polar surface area (TPSA) is 45.5 Å². The summed E-state index contributed by atoms with van der Waals surface area (Å²) >= 11 is 0. The van der Waals surface area contributed by atoms with Crippen molar-refractivity contribution in [1.82, 2.24) is 19.8 Å². The van der Waals surface area contributed by atoms with Crippen molar-refractivity contribution < 1.29 is 0 Å². The molecule has 0 saturated carbocycles. The fourth-order valence-corrected chi connectivity index (χ4v) is 4.14. The molecule has 1 N–H and O–H groups in total. The quantitative estimate of drug-likeness (QED) is 0.497. The Labute approximate surface area is 179 Å². The molecule has 4 rings (SSSR count). The van der Waals surface area contributed by atoms with Crippen LogP contribution in [0.15, 0.2) is 72.0 Å². The fraction of sp³-hybridized carbons (Fsp3) is 0.360. The molecule has 5 heteroatoms. The van der Waals surface area contributed by atoms with Crippen LogP contribution in [0.2, 0.25) is 0 Å². The molecule has 1 aliphatic rings. The summed E-state index contributed by atoms with van der Waals surface area (Å²) in [5.41, 5.74) is 3.94. The number of hydrogen-bond acceptors (Lipinski definition) is 2. The Morgan fingerprint density at radius 1 is 1.13 bits per heavy atom. The molecule has 156 valence electrons. The normalized spacial score (nSPS) is 16.8. The molecular formula is C25H31N5. The van der Waals surface area contributed by atoms with Gasteiger partial charge in [-0.25, -0.2) is 9.98 Å². The van der Waals surface area contributed by atoms with E-state index in [2.05, 4.69) is 81.3 Å². The number of aryl methyl sites for hydroxylation is 1. The minimum absolute atomic E-state index is 0.580. The molecule has 1 unspecified atom stereocenters. The molecule has 1 fully saturated rings. The van der Waals surface area contributed by atoms with Gasteiger partial charge < -0.3 is 14.8 Å². The molecule has 0 bridgehead atoms. The molecule has 2 aromatic carbocycles. The molecular weight excluding hydrogens is 370 g/mol. The van der Waals surface area contributed by atoms with Crippen molar-refractivity contribution in [2.45, 2.75) is 39.3 Å². The van der Waals surface area contributed by atoms with Gasteiger partial charge in [-0.15, -0.1) is 0 Å². The van der Waals surface area contributed by atoms with Gasteiger partial charge in [0.25, 0.3) is 0 Å². The van der Waals surface area contributed by atoms with Crippen molar-refractivity contribution in [1.29, 1.82) is 0 Å². The highest BCUT2D eigenvalue weighted by atomic mass is 15.3. The van der Waals surface area contributed by atoms with Gasteiger partial charge in [-0.3, -0.25) is 0 Å². The summed E-state index contributed by atoms with van der Waals surface area (Å²) in [6.07, 6.45) is 5.05. The van der Waals surface area contributed by atoms with Gasteiger partial charge in [0.05, 0.1) is 6.54 Å². The van der Waals surface area contributed by atoms with E-state index < -0.39 is 0 Å². The zero-order valence-electron chi connectivity index (χ0n) is 18.0. The number of likely N-dealkylation sites (tertiary alicyclic amines) is 1. The molecule has 3 aromatic rings. The van der Waals surface area contributed by atoms with Crippen molar-refractivity contribution in [2.24, 2.45) is 4.99 Å². The first-order valence-corrected chi connectivity index (χ1v) is 10.9. The first kappa shape index (κ1) is 20.2. The van der Waals surface area contributed by atoms with Crippen molar-refractivity contribution in [3.05, 3.63) is 89.5 Å². The van der Waals surface area contributed by atoms with Crippen LogP contribution >= 0.6 is 0 Å². The number of aromatic nitrogens is 2. The molecule has 2 heterocycles. The van der Waals surface area contributed by atoms with E-state index in [-0.39, 0.29) is 0 Å². The number of guanidine groups is 1. The predicted molar refractivity (Wildman–Crippen MR) is 123 cm³/mol. The van der Waals surface area contributed by atoms with Crippen LogP contribution in [0.3, 0.4) is 0 Å². The largest absolute Gasteiger partial charge is 0.357 e. The van der Waals surface area contributed by atoms with Gasteiger partial charge in [-0.1, -0.05) is 54.6 Å². The van der Waals surface area contributed by atoms with Crippen LogP contribution < -0.4 is 5.32 Å². The Morgan fingerprint density at radius 3 is 2.73 bits per heavy atom. The summed E-state index contributed by atoms with van der Waals surface area (Å²) in [4.78, 5) is 11.7. The average molecular weight is 402 g/mol. The lowest BCUT2D eigenvalue weighted by Crippen LogP contribution is -2.40. The SMILES string of the molecule is CCNC(=NCc1cccc(Cn2ccnc2C)c1)N1CCC(c2ccccc2)C1. The van der Waals surface area contributed by atoms with Crippen LogP contribution in [0.5, 0.6) is 0 Å². The Balaban J connectivity index is 1.43. The molecule has 1 aliphatic heterocycles. The number of nitrogens with zero attached hydrogens (tertiary/aromatic N) is 4. The van der Waals surface area contributed by atoms with Gasteiger partial charge in [0.2, 0.25) is 0 Å². The van der Waals surface area contributed by atoms with E-state index in [1.165, 1.54) is 23.1 Å². The maximum absolute atomic E-state index is 4.96. The number of nitrogens with one attached hydrogen (secondary N) is 1. The van der Waals surface area contributed by atoms with Crippen LogP contribution in [0.25, 0.3) is 0 Å². The zero-order valence-corrected chi connectivity index (χ0v) is 18.0. The predicted octanol–water partition coefficient (Wildman–Crippen LogP) is 4.19. The fourth-order valence-electron chi connectivity index (χ4n) is 4.14. The van der Waals surface area contributed by atoms with Gasteiger partial charge in [-0.05, 0) is 37.0 Å². The lowest BCUT2D eigenvalue weighted by Gasteiger charge is -2.22. The van der Waals surface area contributed by atoms with Gasteiger partial charge in [0.15, 0.2) is 5.96 Å². The van der Waals surface area contributed by atoms with E-state index in [0.29, 0.717) is 12.5 Å². The highest BCUT2D eigenvalue weighted by Gasteiger charge is 2.25. The maximum Gasteiger partial charge on any atom is 0.194 e. The van der Waals surface area contributed by atoms with Crippen LogP contribution in [0.4, 0.5) is 0 Å². The molecule has 0 amide bonds. The average Bonchev–Trinajstić information content (AvgIpc) is 3.42. The number of benzene rings is 2. The second kappa shape index (κ2) is 9.61. The maximum atomic E-state index is 4.96. The first-order chi connectivity index (χ1) is 14.7. The van der Waals surface area contributed by atoms with Crippen molar-refractivity contribution >= 4 is 5.96 Å². The lowest BCUT2D eigenvalue weighted by molar-refractivity contribution is 0.486. The number of imidazole rings is 1. The summed E-state index contributed by atoms with van der Waals surface area (Å²) in [6.45, 7) is 8.65. The van der Waals surface area contributed by atoms with Gasteiger partial charge in [-0.2, -0.15) is 0 Å². The third-order valence-corrected chi connectivity index (χ3v) is 5.77. The van der Waals surface area contributed by atoms with Crippen molar-refractivity contribution in [3.63, 3.8) is 0 Å². The molecule has 30 heavy (non-hydrogen) atoms. The third-order valence-electron chi connectivity index (χ3n) is 5.77. The summed E-state index contributed by atoms with van der Waals surface area (Å²) in [5, 5.41) is 3.49. The number of rotatable bonds is 6. The molecule has 5 nitrogen and oxygen atoms in total. The molecule has 1 aromatic heterocycles. The van der Waals surface area contributed by atoms with E-state index in [9.17, 15) is 0 Å². The van der Waals surface area contributed by atoms with E-state index in [1.54, 1.807) is 0 Å². The first-order valence-electron chi connectivity index (χ1n) is 10.9. The van der Waals surface area contributed by atoms with Gasteiger partial charge in [0.1, 0.15) is 5.82 Å². The van der Waals surface area contributed by atoms with E-state index in [1.807, 2.05) is 19.3 Å². The van der Waals surface area contributed by atoms with Gasteiger partial charge >= 0.3 is 0 Å². The lowest BCUT2D eigenvalue weighted by atomic mass is 9.99.